The summed E-state index contributed by atoms with van der Waals surface area (Å²) in [5, 5.41) is 3.69. The van der Waals surface area contributed by atoms with Crippen molar-refractivity contribution in [2.24, 2.45) is 0 Å². The van der Waals surface area contributed by atoms with E-state index in [0.717, 1.165) is 23.8 Å². The van der Waals surface area contributed by atoms with Crippen LogP contribution in [0.4, 0.5) is 5.69 Å². The Balaban J connectivity index is 2.19. The molecule has 0 saturated heterocycles. The van der Waals surface area contributed by atoms with Gasteiger partial charge in [-0.05, 0) is 63.4 Å². The predicted octanol–water partition coefficient (Wildman–Crippen LogP) is 5.18. The molecule has 0 bridgehead atoms. The van der Waals surface area contributed by atoms with Crippen LogP contribution in [0.15, 0.2) is 42.5 Å². The number of carbonyl (C=O) groups is 2. The van der Waals surface area contributed by atoms with Crippen LogP contribution in [0.25, 0.3) is 0 Å². The molecule has 36 heavy (non-hydrogen) atoms. The average molecular weight is 557 g/mol. The summed E-state index contributed by atoms with van der Waals surface area (Å²) in [6.45, 7) is 7.78. The molecule has 0 fully saturated rings. The first-order valence-electron chi connectivity index (χ1n) is 11.9. The molecule has 2 atom stereocenters. The minimum atomic E-state index is -3.54. The van der Waals surface area contributed by atoms with E-state index in [1.807, 2.05) is 32.9 Å². The van der Waals surface area contributed by atoms with E-state index in [9.17, 15) is 18.0 Å². The van der Waals surface area contributed by atoms with Crippen molar-refractivity contribution in [2.75, 3.05) is 17.1 Å². The normalized spacial score (nSPS) is 13.1. The number of rotatable bonds is 12. The number of aryl methyl sites for hydroxylation is 1. The van der Waals surface area contributed by atoms with Gasteiger partial charge in [0.05, 0.1) is 22.0 Å². The van der Waals surface area contributed by atoms with Crippen LogP contribution in [0, 0.1) is 6.92 Å². The summed E-state index contributed by atoms with van der Waals surface area (Å²) in [6, 6.07) is 11.5. The van der Waals surface area contributed by atoms with Gasteiger partial charge in [0, 0.05) is 25.6 Å². The van der Waals surface area contributed by atoms with Crippen LogP contribution in [-0.4, -0.2) is 50.0 Å². The number of sulfonamides is 1. The zero-order chi connectivity index (χ0) is 27.0. The molecule has 1 N–H and O–H groups in total. The highest BCUT2D eigenvalue weighted by Gasteiger charge is 2.27. The molecule has 2 aromatic rings. The van der Waals surface area contributed by atoms with Gasteiger partial charge in [0.15, 0.2) is 0 Å². The molecule has 0 aliphatic heterocycles. The van der Waals surface area contributed by atoms with E-state index < -0.39 is 16.1 Å². The van der Waals surface area contributed by atoms with Crippen LogP contribution in [0.5, 0.6) is 0 Å². The van der Waals surface area contributed by atoms with Crippen LogP contribution in [-0.2, 0) is 26.2 Å². The molecular formula is C26H35Cl2N3O4S. The Morgan fingerprint density at radius 1 is 1.03 bits per heavy atom. The predicted molar refractivity (Wildman–Crippen MR) is 147 cm³/mol. The highest BCUT2D eigenvalue weighted by Crippen LogP contribution is 2.24. The summed E-state index contributed by atoms with van der Waals surface area (Å²) in [5.41, 5.74) is 2.30. The quantitative estimate of drug-likeness (QED) is 0.391. The van der Waals surface area contributed by atoms with E-state index in [0.29, 0.717) is 15.7 Å². The Morgan fingerprint density at radius 3 is 2.22 bits per heavy atom. The molecule has 10 heteroatoms. The molecule has 0 heterocycles. The largest absolute Gasteiger partial charge is 0.352 e. The van der Waals surface area contributed by atoms with Crippen LogP contribution in [0.3, 0.4) is 0 Å². The zero-order valence-corrected chi connectivity index (χ0v) is 23.8. The molecule has 2 amide bonds. The lowest BCUT2D eigenvalue weighted by molar-refractivity contribution is -0.140. The molecule has 0 radical (unpaired) electrons. The summed E-state index contributed by atoms with van der Waals surface area (Å²) in [7, 11) is -3.54. The number of amides is 2. The topological polar surface area (TPSA) is 86.8 Å². The van der Waals surface area contributed by atoms with Crippen molar-refractivity contribution in [1.82, 2.24) is 10.2 Å². The minimum Gasteiger partial charge on any atom is -0.352 e. The number of hydrogen-bond acceptors (Lipinski definition) is 4. The summed E-state index contributed by atoms with van der Waals surface area (Å²) >= 11 is 12.2. The van der Waals surface area contributed by atoms with Gasteiger partial charge < -0.3 is 10.2 Å². The van der Waals surface area contributed by atoms with Gasteiger partial charge in [-0.15, -0.1) is 0 Å². The van der Waals surface area contributed by atoms with E-state index in [1.165, 1.54) is 9.21 Å². The van der Waals surface area contributed by atoms with Crippen molar-refractivity contribution >= 4 is 50.7 Å². The maximum atomic E-state index is 13.3. The minimum absolute atomic E-state index is 0.0280. The Morgan fingerprint density at radius 2 is 1.67 bits per heavy atom. The molecule has 2 rings (SSSR count). The lowest BCUT2D eigenvalue weighted by atomic mass is 10.1. The standard InChI is InChI=1S/C26H35Cl2N3O4S/c1-6-19(3)29-26(33)20(4)30(17-21-11-14-23(27)24(28)16-21)25(32)8-7-15-31(36(5,34)35)22-12-9-18(2)10-13-22/h9-14,16,19-20H,6-8,15,17H2,1-5H3,(H,29,33)/t19-,20-/m1/s1. The maximum Gasteiger partial charge on any atom is 0.242 e. The smallest absolute Gasteiger partial charge is 0.242 e. The van der Waals surface area contributed by atoms with E-state index in [4.69, 9.17) is 23.2 Å². The van der Waals surface area contributed by atoms with Gasteiger partial charge in [-0.25, -0.2) is 8.42 Å². The van der Waals surface area contributed by atoms with Crippen molar-refractivity contribution < 1.29 is 18.0 Å². The van der Waals surface area contributed by atoms with Crippen LogP contribution in [0.2, 0.25) is 10.0 Å². The third-order valence-electron chi connectivity index (χ3n) is 5.98. The number of benzene rings is 2. The van der Waals surface area contributed by atoms with Gasteiger partial charge in [-0.3, -0.25) is 13.9 Å². The van der Waals surface area contributed by atoms with E-state index in [2.05, 4.69) is 5.32 Å². The van der Waals surface area contributed by atoms with E-state index in [1.54, 1.807) is 37.3 Å². The van der Waals surface area contributed by atoms with E-state index in [-0.39, 0.29) is 43.8 Å². The molecule has 2 aromatic carbocycles. The van der Waals surface area contributed by atoms with Crippen molar-refractivity contribution in [3.8, 4) is 0 Å². The lowest BCUT2D eigenvalue weighted by Crippen LogP contribution is -2.49. The first kappa shape index (κ1) is 29.9. The van der Waals surface area contributed by atoms with Gasteiger partial charge in [0.2, 0.25) is 21.8 Å². The molecule has 0 unspecified atom stereocenters. The molecule has 0 aliphatic carbocycles. The highest BCUT2D eigenvalue weighted by molar-refractivity contribution is 7.92. The van der Waals surface area contributed by atoms with Crippen molar-refractivity contribution in [1.29, 1.82) is 0 Å². The number of halogens is 2. The Bertz CT molecular complexity index is 1160. The number of nitrogens with zero attached hydrogens (tertiary/aromatic N) is 2. The van der Waals surface area contributed by atoms with Gasteiger partial charge in [0.25, 0.3) is 0 Å². The van der Waals surface area contributed by atoms with Crippen LogP contribution in [0.1, 0.15) is 51.2 Å². The second-order valence-corrected chi connectivity index (χ2v) is 11.8. The molecule has 0 aromatic heterocycles. The average Bonchev–Trinajstić information content (AvgIpc) is 2.81. The SMILES string of the molecule is CC[C@@H](C)NC(=O)[C@@H](C)N(Cc1ccc(Cl)c(Cl)c1)C(=O)CCCN(c1ccc(C)cc1)S(C)(=O)=O. The number of anilines is 1. The first-order chi connectivity index (χ1) is 16.8. The first-order valence-corrected chi connectivity index (χ1v) is 14.5. The second-order valence-electron chi connectivity index (χ2n) is 9.04. The van der Waals surface area contributed by atoms with Gasteiger partial charge in [0.1, 0.15) is 6.04 Å². The second kappa shape index (κ2) is 13.3. The Labute approximate surface area is 224 Å². The zero-order valence-electron chi connectivity index (χ0n) is 21.4. The van der Waals surface area contributed by atoms with E-state index >= 15 is 0 Å². The number of hydrogen-bond donors (Lipinski definition) is 1. The monoisotopic (exact) mass is 555 g/mol. The maximum absolute atomic E-state index is 13.3. The van der Waals surface area contributed by atoms with Gasteiger partial charge >= 0.3 is 0 Å². The van der Waals surface area contributed by atoms with Crippen molar-refractivity contribution in [3.63, 3.8) is 0 Å². The van der Waals surface area contributed by atoms with Gasteiger partial charge in [-0.2, -0.15) is 0 Å². The summed E-state index contributed by atoms with van der Waals surface area (Å²) in [6.07, 6.45) is 2.27. The molecule has 0 spiro atoms. The van der Waals surface area contributed by atoms with Crippen LogP contribution < -0.4 is 9.62 Å². The Kier molecular flexibility index (Phi) is 11.1. The third-order valence-corrected chi connectivity index (χ3v) is 7.91. The fourth-order valence-electron chi connectivity index (χ4n) is 3.60. The molecule has 198 valence electrons. The molecule has 0 saturated carbocycles. The summed E-state index contributed by atoms with van der Waals surface area (Å²) in [5.74, 6) is -0.514. The van der Waals surface area contributed by atoms with Crippen molar-refractivity contribution in [2.45, 2.75) is 65.6 Å². The molecule has 0 aliphatic rings. The molecule has 7 nitrogen and oxygen atoms in total. The number of nitrogens with one attached hydrogen (secondary N) is 1. The summed E-state index contributed by atoms with van der Waals surface area (Å²) < 4.78 is 26.1. The highest BCUT2D eigenvalue weighted by atomic mass is 35.5. The Hall–Kier alpha value is -2.29. The van der Waals surface area contributed by atoms with Crippen LogP contribution >= 0.6 is 23.2 Å². The van der Waals surface area contributed by atoms with Crippen molar-refractivity contribution in [3.05, 3.63) is 63.6 Å². The lowest BCUT2D eigenvalue weighted by Gasteiger charge is -2.30. The fourth-order valence-corrected chi connectivity index (χ4v) is 4.88. The number of carbonyl (C=O) groups excluding carboxylic acids is 2. The van der Waals surface area contributed by atoms with Gasteiger partial charge in [-0.1, -0.05) is 53.9 Å². The summed E-state index contributed by atoms with van der Waals surface area (Å²) in [4.78, 5) is 27.7. The third kappa shape index (κ3) is 8.68. The fraction of sp³-hybridized carbons (Fsp3) is 0.462. The molecular weight excluding hydrogens is 521 g/mol.